The van der Waals surface area contributed by atoms with Crippen LogP contribution in [0.3, 0.4) is 0 Å². The van der Waals surface area contributed by atoms with E-state index in [1.807, 2.05) is 6.92 Å². The van der Waals surface area contributed by atoms with Crippen molar-refractivity contribution in [1.29, 1.82) is 0 Å². The third-order valence-electron chi connectivity index (χ3n) is 2.94. The Labute approximate surface area is 116 Å². The highest BCUT2D eigenvalue weighted by molar-refractivity contribution is 5.77. The molecule has 0 bridgehead atoms. The van der Waals surface area contributed by atoms with Crippen LogP contribution < -0.4 is 11.5 Å². The molecule has 0 fully saturated rings. The lowest BCUT2D eigenvalue weighted by atomic mass is 9.87. The van der Waals surface area contributed by atoms with Crippen LogP contribution in [0, 0.1) is 12.8 Å². The summed E-state index contributed by atoms with van der Waals surface area (Å²) in [6, 6.07) is 0. The molecular formula is C12H19N5O3. The van der Waals surface area contributed by atoms with Crippen molar-refractivity contribution in [2.24, 2.45) is 22.4 Å². The SMILES string of the molecule is Cc1nc(N=C(N)N)nc2c1CC(C)CC2.O=C(O)O. The van der Waals surface area contributed by atoms with Crippen molar-refractivity contribution in [3.8, 4) is 0 Å². The van der Waals surface area contributed by atoms with Crippen molar-refractivity contribution in [1.82, 2.24) is 9.97 Å². The van der Waals surface area contributed by atoms with E-state index in [1.165, 1.54) is 12.0 Å². The second kappa shape index (κ2) is 6.69. The molecule has 1 heterocycles. The highest BCUT2D eigenvalue weighted by Gasteiger charge is 2.19. The molecule has 0 amide bonds. The quantitative estimate of drug-likeness (QED) is 0.444. The van der Waals surface area contributed by atoms with Gasteiger partial charge in [0, 0.05) is 11.4 Å². The van der Waals surface area contributed by atoms with Gasteiger partial charge in [0.25, 0.3) is 5.95 Å². The maximum absolute atomic E-state index is 8.56. The zero-order valence-electron chi connectivity index (χ0n) is 11.5. The predicted octanol–water partition coefficient (Wildman–Crippen LogP) is 1.04. The van der Waals surface area contributed by atoms with Gasteiger partial charge >= 0.3 is 6.16 Å². The van der Waals surface area contributed by atoms with E-state index in [2.05, 4.69) is 21.9 Å². The molecule has 110 valence electrons. The monoisotopic (exact) mass is 281 g/mol. The minimum Gasteiger partial charge on any atom is -0.450 e. The highest BCUT2D eigenvalue weighted by atomic mass is 16.6. The fraction of sp³-hybridized carbons (Fsp3) is 0.500. The number of fused-ring (bicyclic) bond motifs is 1. The average Bonchev–Trinajstić information content (AvgIpc) is 2.28. The molecule has 1 aromatic rings. The van der Waals surface area contributed by atoms with Crippen molar-refractivity contribution in [3.05, 3.63) is 17.0 Å². The van der Waals surface area contributed by atoms with E-state index >= 15 is 0 Å². The lowest BCUT2D eigenvalue weighted by molar-refractivity contribution is 0.137. The Balaban J connectivity index is 0.000000444. The van der Waals surface area contributed by atoms with Gasteiger partial charge in [0.15, 0.2) is 5.96 Å². The highest BCUT2D eigenvalue weighted by Crippen LogP contribution is 2.26. The summed E-state index contributed by atoms with van der Waals surface area (Å²) in [7, 11) is 0. The summed E-state index contributed by atoms with van der Waals surface area (Å²) < 4.78 is 0. The van der Waals surface area contributed by atoms with Gasteiger partial charge in [0.05, 0.1) is 0 Å². The van der Waals surface area contributed by atoms with Gasteiger partial charge < -0.3 is 21.7 Å². The van der Waals surface area contributed by atoms with Crippen molar-refractivity contribution in [2.75, 3.05) is 0 Å². The summed E-state index contributed by atoms with van der Waals surface area (Å²) in [6.45, 7) is 4.25. The first-order chi connectivity index (χ1) is 9.29. The lowest BCUT2D eigenvalue weighted by Crippen LogP contribution is -2.22. The van der Waals surface area contributed by atoms with Crippen LogP contribution in [0.1, 0.15) is 30.3 Å². The maximum atomic E-state index is 8.56. The van der Waals surface area contributed by atoms with E-state index in [0.29, 0.717) is 11.9 Å². The van der Waals surface area contributed by atoms with Gasteiger partial charge in [-0.1, -0.05) is 6.92 Å². The van der Waals surface area contributed by atoms with Crippen LogP contribution in [0.25, 0.3) is 0 Å². The first-order valence-electron chi connectivity index (χ1n) is 6.17. The lowest BCUT2D eigenvalue weighted by Gasteiger charge is -2.21. The van der Waals surface area contributed by atoms with Gasteiger partial charge in [0.2, 0.25) is 0 Å². The number of carboxylic acid groups (broad SMARTS) is 2. The van der Waals surface area contributed by atoms with Gasteiger partial charge in [-0.15, -0.1) is 0 Å². The molecule has 2 rings (SSSR count). The Morgan fingerprint density at radius 3 is 2.50 bits per heavy atom. The number of carbonyl (C=O) groups is 1. The zero-order chi connectivity index (χ0) is 15.3. The zero-order valence-corrected chi connectivity index (χ0v) is 11.5. The Morgan fingerprint density at radius 2 is 1.95 bits per heavy atom. The van der Waals surface area contributed by atoms with E-state index in [1.54, 1.807) is 0 Å². The van der Waals surface area contributed by atoms with Gasteiger partial charge in [-0.25, -0.2) is 14.8 Å². The Kier molecular flexibility index (Phi) is 5.24. The number of aromatic nitrogens is 2. The molecule has 1 aliphatic rings. The van der Waals surface area contributed by atoms with Crippen LogP contribution in [-0.2, 0) is 12.8 Å². The minimum absolute atomic E-state index is 0.00327. The standard InChI is InChI=1S/C11H17N5.CH2O3/c1-6-3-4-9-8(5-6)7(2)14-11(15-9)16-10(12)13;2-1(3)4/h6H,3-5H2,1-2H3,(H4,12,13,14,15,16);(H2,2,3,4). The van der Waals surface area contributed by atoms with Crippen molar-refractivity contribution in [3.63, 3.8) is 0 Å². The molecular weight excluding hydrogens is 262 g/mol. The van der Waals surface area contributed by atoms with E-state index in [-0.39, 0.29) is 5.96 Å². The molecule has 6 N–H and O–H groups in total. The van der Waals surface area contributed by atoms with Crippen molar-refractivity contribution >= 4 is 18.1 Å². The predicted molar refractivity (Wildman–Crippen MR) is 74.1 cm³/mol. The maximum Gasteiger partial charge on any atom is 0.503 e. The molecule has 0 aromatic carbocycles. The van der Waals surface area contributed by atoms with Crippen LogP contribution in [0.4, 0.5) is 10.7 Å². The van der Waals surface area contributed by atoms with Gasteiger partial charge in [0.1, 0.15) is 0 Å². The third-order valence-corrected chi connectivity index (χ3v) is 2.94. The number of nitrogens with zero attached hydrogens (tertiary/aromatic N) is 3. The fourth-order valence-corrected chi connectivity index (χ4v) is 2.11. The van der Waals surface area contributed by atoms with Crippen LogP contribution in [0.2, 0.25) is 0 Å². The van der Waals surface area contributed by atoms with Gasteiger partial charge in [-0.05, 0) is 37.7 Å². The number of hydrogen-bond donors (Lipinski definition) is 4. The van der Waals surface area contributed by atoms with Crippen molar-refractivity contribution < 1.29 is 15.0 Å². The molecule has 1 aliphatic carbocycles. The normalized spacial score (nSPS) is 16.4. The second-order valence-corrected chi connectivity index (χ2v) is 4.70. The van der Waals surface area contributed by atoms with E-state index < -0.39 is 6.16 Å². The summed E-state index contributed by atoms with van der Waals surface area (Å²) in [6.07, 6.45) is 1.39. The molecule has 1 atom stereocenters. The van der Waals surface area contributed by atoms with Crippen LogP contribution >= 0.6 is 0 Å². The average molecular weight is 281 g/mol. The van der Waals surface area contributed by atoms with Crippen LogP contribution in [0.5, 0.6) is 0 Å². The molecule has 0 saturated heterocycles. The molecule has 1 unspecified atom stereocenters. The number of aliphatic imine (C=N–C) groups is 1. The largest absolute Gasteiger partial charge is 0.503 e. The smallest absolute Gasteiger partial charge is 0.450 e. The fourth-order valence-electron chi connectivity index (χ4n) is 2.11. The summed E-state index contributed by atoms with van der Waals surface area (Å²) >= 11 is 0. The second-order valence-electron chi connectivity index (χ2n) is 4.70. The number of rotatable bonds is 1. The van der Waals surface area contributed by atoms with E-state index in [9.17, 15) is 0 Å². The third kappa shape index (κ3) is 4.71. The van der Waals surface area contributed by atoms with Crippen LogP contribution in [-0.4, -0.2) is 32.3 Å². The van der Waals surface area contributed by atoms with Gasteiger partial charge in [-0.2, -0.15) is 4.99 Å². The number of guanidine groups is 1. The van der Waals surface area contributed by atoms with Crippen molar-refractivity contribution in [2.45, 2.75) is 33.1 Å². The van der Waals surface area contributed by atoms with E-state index in [4.69, 9.17) is 26.5 Å². The number of hydrogen-bond acceptors (Lipinski definition) is 4. The summed E-state index contributed by atoms with van der Waals surface area (Å²) in [5, 5.41) is 13.9. The molecule has 0 spiro atoms. The summed E-state index contributed by atoms with van der Waals surface area (Å²) in [5.74, 6) is 1.10. The topological polar surface area (TPSA) is 148 Å². The van der Waals surface area contributed by atoms with Gasteiger partial charge in [-0.3, -0.25) is 0 Å². The molecule has 0 aliphatic heterocycles. The molecule has 20 heavy (non-hydrogen) atoms. The number of nitrogens with two attached hydrogens (primary N) is 2. The Bertz CT molecular complexity index is 522. The first kappa shape index (κ1) is 15.7. The minimum atomic E-state index is -1.83. The first-order valence-corrected chi connectivity index (χ1v) is 6.17. The Morgan fingerprint density at radius 1 is 1.35 bits per heavy atom. The number of aryl methyl sites for hydroxylation is 2. The summed E-state index contributed by atoms with van der Waals surface area (Å²) in [4.78, 5) is 21.1. The molecule has 8 nitrogen and oxygen atoms in total. The Hall–Kier alpha value is -2.38. The molecule has 1 aromatic heterocycles. The van der Waals surface area contributed by atoms with Crippen LogP contribution in [0.15, 0.2) is 4.99 Å². The molecule has 0 radical (unpaired) electrons. The molecule has 0 saturated carbocycles. The molecule has 8 heteroatoms. The summed E-state index contributed by atoms with van der Waals surface area (Å²) in [5.41, 5.74) is 14.0. The van der Waals surface area contributed by atoms with E-state index in [0.717, 1.165) is 24.2 Å².